The average Bonchev–Trinajstić information content (AvgIpc) is 3.56. The minimum absolute atomic E-state index is 0.0444. The number of carbonyl (C=O) groups is 2. The number of imidazole rings is 1. The number of rotatable bonds is 6. The monoisotopic (exact) mass is 629 g/mol. The molecule has 10 heteroatoms. The van der Waals surface area contributed by atoms with Gasteiger partial charge >= 0.3 is 0 Å². The van der Waals surface area contributed by atoms with Crippen molar-refractivity contribution in [2.24, 2.45) is 0 Å². The largest absolute Gasteiger partial charge is 0.344 e. The van der Waals surface area contributed by atoms with Gasteiger partial charge in [-0.2, -0.15) is 5.10 Å². The van der Waals surface area contributed by atoms with Crippen LogP contribution in [0.25, 0.3) is 16.7 Å². The maximum absolute atomic E-state index is 14.3. The number of H-pyrrole nitrogens is 1. The third-order valence-electron chi connectivity index (χ3n) is 8.28. The molecule has 1 atom stereocenters. The van der Waals surface area contributed by atoms with Gasteiger partial charge in [0, 0.05) is 55.1 Å². The molecule has 1 unspecified atom stereocenters. The van der Waals surface area contributed by atoms with Crippen molar-refractivity contribution in [1.82, 2.24) is 34.4 Å². The predicted octanol–water partition coefficient (Wildman–Crippen LogP) is 4.88. The third kappa shape index (κ3) is 5.18. The summed E-state index contributed by atoms with van der Waals surface area (Å²) in [7, 11) is 3.94. The van der Waals surface area contributed by atoms with Crippen molar-refractivity contribution in [3.8, 4) is 5.69 Å². The highest BCUT2D eigenvalue weighted by Crippen LogP contribution is 2.38. The second kappa shape index (κ2) is 11.5. The summed E-state index contributed by atoms with van der Waals surface area (Å²) in [6.07, 6.45) is 6.45. The first kappa shape index (κ1) is 28.4. The number of fused-ring (bicyclic) bond motifs is 1. The van der Waals surface area contributed by atoms with Gasteiger partial charge in [0.25, 0.3) is 5.91 Å². The normalized spacial score (nSPS) is 17.0. The quantitative estimate of drug-likeness (QED) is 0.307. The molecule has 2 amide bonds. The topological polar surface area (TPSA) is 90.4 Å². The standard InChI is InChI=1S/C32H36BrN7O2/c1-20(2)21-7-9-22(10-8-21)40-26-14-17-39(32(42)23-11-12-24(33)31-30(23)34-19-35-31)27-18-38(16-13-25(36-40)29(26)27)28(41)6-5-15-37(3)4/h5-12,19-20,27H,13-18H2,1-4H3,(H,34,35). The van der Waals surface area contributed by atoms with Gasteiger partial charge in [0.1, 0.15) is 5.52 Å². The van der Waals surface area contributed by atoms with Gasteiger partial charge in [0.05, 0.1) is 40.5 Å². The molecule has 4 heterocycles. The molecule has 2 aromatic carbocycles. The Bertz CT molecular complexity index is 1670. The first-order valence-electron chi connectivity index (χ1n) is 14.5. The minimum Gasteiger partial charge on any atom is -0.344 e. The van der Waals surface area contributed by atoms with Crippen LogP contribution in [0.1, 0.15) is 58.7 Å². The Morgan fingerprint density at radius 2 is 1.90 bits per heavy atom. The van der Waals surface area contributed by atoms with Crippen LogP contribution < -0.4 is 0 Å². The fourth-order valence-electron chi connectivity index (χ4n) is 6.05. The van der Waals surface area contributed by atoms with Crippen LogP contribution in [0.4, 0.5) is 0 Å². The van der Waals surface area contributed by atoms with Crippen LogP contribution in [0.3, 0.4) is 0 Å². The Morgan fingerprint density at radius 1 is 1.12 bits per heavy atom. The van der Waals surface area contributed by atoms with E-state index < -0.39 is 0 Å². The maximum Gasteiger partial charge on any atom is 0.256 e. The molecule has 0 saturated heterocycles. The third-order valence-corrected chi connectivity index (χ3v) is 8.94. The zero-order valence-corrected chi connectivity index (χ0v) is 26.1. The molecular weight excluding hydrogens is 594 g/mol. The van der Waals surface area contributed by atoms with Crippen LogP contribution >= 0.6 is 15.9 Å². The molecule has 42 heavy (non-hydrogen) atoms. The van der Waals surface area contributed by atoms with Gasteiger partial charge in [-0.1, -0.05) is 32.1 Å². The Labute approximate surface area is 254 Å². The fraction of sp³-hybridized carbons (Fsp3) is 0.375. The van der Waals surface area contributed by atoms with Crippen molar-refractivity contribution in [1.29, 1.82) is 0 Å². The lowest BCUT2D eigenvalue weighted by atomic mass is 9.94. The number of aromatic nitrogens is 4. The first-order chi connectivity index (χ1) is 20.2. The molecule has 0 fully saturated rings. The Balaban J connectivity index is 1.40. The van der Waals surface area contributed by atoms with E-state index in [0.29, 0.717) is 56.0 Å². The highest BCUT2D eigenvalue weighted by Gasteiger charge is 2.40. The first-order valence-corrected chi connectivity index (χ1v) is 15.3. The van der Waals surface area contributed by atoms with E-state index in [4.69, 9.17) is 5.10 Å². The number of nitrogens with one attached hydrogen (secondary N) is 1. The van der Waals surface area contributed by atoms with Crippen molar-refractivity contribution in [2.45, 2.75) is 38.6 Å². The van der Waals surface area contributed by atoms with E-state index in [1.165, 1.54) is 5.56 Å². The van der Waals surface area contributed by atoms with E-state index in [1.54, 1.807) is 12.4 Å². The molecule has 0 spiro atoms. The molecule has 9 nitrogen and oxygen atoms in total. The van der Waals surface area contributed by atoms with Crippen molar-refractivity contribution in [3.05, 3.63) is 87.4 Å². The molecule has 2 aromatic heterocycles. The maximum atomic E-state index is 14.3. The van der Waals surface area contributed by atoms with Crippen LogP contribution in [-0.4, -0.2) is 86.5 Å². The molecule has 0 saturated carbocycles. The molecule has 2 aliphatic heterocycles. The number of hydrogen-bond donors (Lipinski definition) is 1. The number of nitrogens with zero attached hydrogens (tertiary/aromatic N) is 6. The Morgan fingerprint density at radius 3 is 2.64 bits per heavy atom. The summed E-state index contributed by atoms with van der Waals surface area (Å²) in [5.41, 5.74) is 7.42. The summed E-state index contributed by atoms with van der Waals surface area (Å²) in [4.78, 5) is 41.0. The van der Waals surface area contributed by atoms with Gasteiger partial charge in [-0.25, -0.2) is 9.67 Å². The van der Waals surface area contributed by atoms with E-state index in [9.17, 15) is 9.59 Å². The number of halogens is 1. The lowest BCUT2D eigenvalue weighted by Gasteiger charge is -2.38. The zero-order valence-electron chi connectivity index (χ0n) is 24.5. The van der Waals surface area contributed by atoms with Gasteiger partial charge in [0.2, 0.25) is 5.91 Å². The lowest BCUT2D eigenvalue weighted by Crippen LogP contribution is -2.46. The summed E-state index contributed by atoms with van der Waals surface area (Å²) in [5.74, 6) is 0.315. The van der Waals surface area contributed by atoms with E-state index in [0.717, 1.165) is 32.6 Å². The molecule has 0 aliphatic carbocycles. The van der Waals surface area contributed by atoms with Crippen LogP contribution in [0.15, 0.2) is 59.4 Å². The van der Waals surface area contributed by atoms with Crippen molar-refractivity contribution >= 4 is 38.8 Å². The van der Waals surface area contributed by atoms with Gasteiger partial charge in [0.15, 0.2) is 0 Å². The Kier molecular flexibility index (Phi) is 7.76. The average molecular weight is 631 g/mol. The van der Waals surface area contributed by atoms with E-state index >= 15 is 0 Å². The summed E-state index contributed by atoms with van der Waals surface area (Å²) >= 11 is 3.56. The van der Waals surface area contributed by atoms with Gasteiger partial charge in [-0.3, -0.25) is 9.59 Å². The van der Waals surface area contributed by atoms with Crippen LogP contribution in [0, 0.1) is 0 Å². The summed E-state index contributed by atoms with van der Waals surface area (Å²) < 4.78 is 2.92. The van der Waals surface area contributed by atoms with Crippen LogP contribution in [0.5, 0.6) is 0 Å². The van der Waals surface area contributed by atoms with Crippen LogP contribution in [0.2, 0.25) is 0 Å². The zero-order chi connectivity index (χ0) is 29.5. The van der Waals surface area contributed by atoms with E-state index in [-0.39, 0.29) is 17.9 Å². The number of carbonyl (C=O) groups excluding carboxylic acids is 2. The molecule has 2 aliphatic rings. The molecule has 0 bridgehead atoms. The second-order valence-corrected chi connectivity index (χ2v) is 12.5. The SMILES string of the molecule is CC(C)c1ccc(-n2nc3c4c2CCN(C(=O)c2ccc(Br)c5[nH]cnc25)C4CN(C(=O)C=CCN(C)C)CC3)cc1. The summed E-state index contributed by atoms with van der Waals surface area (Å²) in [5, 5.41) is 5.11. The fourth-order valence-corrected chi connectivity index (χ4v) is 6.48. The molecule has 6 rings (SSSR count). The number of aromatic amines is 1. The molecular formula is C32H36BrN7O2. The highest BCUT2D eigenvalue weighted by atomic mass is 79.9. The van der Waals surface area contributed by atoms with Crippen molar-refractivity contribution in [3.63, 3.8) is 0 Å². The van der Waals surface area contributed by atoms with E-state index in [1.807, 2.05) is 47.0 Å². The summed E-state index contributed by atoms with van der Waals surface area (Å²) in [6, 6.07) is 12.0. The van der Waals surface area contributed by atoms with Gasteiger partial charge in [-0.05, 0) is 65.8 Å². The lowest BCUT2D eigenvalue weighted by molar-refractivity contribution is -0.126. The molecule has 1 N–H and O–H groups in total. The number of amides is 2. The molecule has 4 aromatic rings. The number of hydrogen-bond acceptors (Lipinski definition) is 5. The minimum atomic E-state index is -0.314. The van der Waals surface area contributed by atoms with Crippen molar-refractivity contribution in [2.75, 3.05) is 40.3 Å². The van der Waals surface area contributed by atoms with Gasteiger partial charge < -0.3 is 19.7 Å². The molecule has 0 radical (unpaired) electrons. The molecule has 218 valence electrons. The van der Waals surface area contributed by atoms with E-state index in [2.05, 4.69) is 68.7 Å². The number of likely N-dealkylation sites (N-methyl/N-ethyl adjacent to an activating group) is 1. The van der Waals surface area contributed by atoms with Crippen molar-refractivity contribution < 1.29 is 9.59 Å². The Hall–Kier alpha value is -3.76. The smallest absolute Gasteiger partial charge is 0.256 e. The van der Waals surface area contributed by atoms with Crippen LogP contribution in [-0.2, 0) is 17.6 Å². The highest BCUT2D eigenvalue weighted by molar-refractivity contribution is 9.10. The summed E-state index contributed by atoms with van der Waals surface area (Å²) in [6.45, 7) is 6.54. The predicted molar refractivity (Wildman–Crippen MR) is 167 cm³/mol. The number of benzene rings is 2. The second-order valence-electron chi connectivity index (χ2n) is 11.6. The van der Waals surface area contributed by atoms with Gasteiger partial charge in [-0.15, -0.1) is 0 Å².